The number of carbonyl (C=O) groups excluding carboxylic acids is 2. The van der Waals surface area contributed by atoms with Crippen LogP contribution in [0.15, 0.2) is 36.4 Å². The van der Waals surface area contributed by atoms with Gasteiger partial charge in [-0.1, -0.05) is 44.2 Å². The summed E-state index contributed by atoms with van der Waals surface area (Å²) in [5, 5.41) is 25.3. The van der Waals surface area contributed by atoms with Crippen LogP contribution in [-0.2, 0) is 28.9 Å². The molecular formula is C28H39BN2O7. The Morgan fingerprint density at radius 2 is 1.68 bits per heavy atom. The average molecular weight is 526 g/mol. The van der Waals surface area contributed by atoms with E-state index in [0.29, 0.717) is 42.9 Å². The van der Waals surface area contributed by atoms with E-state index in [2.05, 4.69) is 10.6 Å². The van der Waals surface area contributed by atoms with Gasteiger partial charge >= 0.3 is 7.12 Å². The molecule has 2 aromatic rings. The predicted molar refractivity (Wildman–Crippen MR) is 145 cm³/mol. The van der Waals surface area contributed by atoms with Gasteiger partial charge in [-0.3, -0.25) is 9.59 Å². The molecule has 3 atom stereocenters. The highest BCUT2D eigenvalue weighted by molar-refractivity contribution is 6.43. The lowest BCUT2D eigenvalue weighted by Gasteiger charge is -2.29. The van der Waals surface area contributed by atoms with Crippen LogP contribution < -0.4 is 24.8 Å². The van der Waals surface area contributed by atoms with Crippen LogP contribution >= 0.6 is 0 Å². The largest absolute Gasteiger partial charge is 0.496 e. The Bertz CT molecular complexity index is 1090. The van der Waals surface area contributed by atoms with E-state index in [1.54, 1.807) is 27.4 Å². The van der Waals surface area contributed by atoms with Crippen molar-refractivity contribution in [3.05, 3.63) is 53.1 Å². The minimum absolute atomic E-state index is 0.136. The van der Waals surface area contributed by atoms with Crippen LogP contribution in [0.1, 0.15) is 43.4 Å². The molecule has 0 aliphatic heterocycles. The number of rotatable bonds is 12. The first-order chi connectivity index (χ1) is 18.2. The van der Waals surface area contributed by atoms with Gasteiger partial charge in [-0.25, -0.2) is 0 Å². The van der Waals surface area contributed by atoms with Gasteiger partial charge in [0.25, 0.3) is 0 Å². The quantitative estimate of drug-likeness (QED) is 0.312. The number of amides is 2. The molecule has 0 saturated heterocycles. The number of hydrogen-bond donors (Lipinski definition) is 4. The minimum atomic E-state index is -1.70. The molecule has 38 heavy (non-hydrogen) atoms. The lowest BCUT2D eigenvalue weighted by atomic mass is 9.75. The summed E-state index contributed by atoms with van der Waals surface area (Å²) in [5.41, 5.74) is 2.73. The van der Waals surface area contributed by atoms with Gasteiger partial charge in [0.15, 0.2) is 11.5 Å². The molecule has 0 aromatic heterocycles. The van der Waals surface area contributed by atoms with Crippen molar-refractivity contribution in [2.45, 2.75) is 57.9 Å². The third-order valence-electron chi connectivity index (χ3n) is 6.96. The Morgan fingerprint density at radius 1 is 1.00 bits per heavy atom. The SMILES string of the molecule is COc1cc(OC)c(OC)c2c1CC(C(=O)NC(Cc1ccccc1)C(=O)NC(CC(C)C)B(O)O)CC2. The maximum absolute atomic E-state index is 13.5. The summed E-state index contributed by atoms with van der Waals surface area (Å²) >= 11 is 0. The summed E-state index contributed by atoms with van der Waals surface area (Å²) in [7, 11) is 3.03. The van der Waals surface area contributed by atoms with E-state index < -0.39 is 25.0 Å². The molecule has 4 N–H and O–H groups in total. The van der Waals surface area contributed by atoms with Crippen molar-refractivity contribution in [3.8, 4) is 17.2 Å². The summed E-state index contributed by atoms with van der Waals surface area (Å²) < 4.78 is 16.7. The van der Waals surface area contributed by atoms with Gasteiger partial charge in [-0.15, -0.1) is 0 Å². The average Bonchev–Trinajstić information content (AvgIpc) is 2.91. The fourth-order valence-corrected chi connectivity index (χ4v) is 5.04. The fraction of sp³-hybridized carbons (Fsp3) is 0.500. The number of hydrogen-bond acceptors (Lipinski definition) is 7. The van der Waals surface area contributed by atoms with Gasteiger partial charge in [0.1, 0.15) is 11.8 Å². The number of fused-ring (bicyclic) bond motifs is 1. The van der Waals surface area contributed by atoms with E-state index in [1.807, 2.05) is 44.2 Å². The first-order valence-electron chi connectivity index (χ1n) is 13.0. The molecule has 0 saturated carbocycles. The first kappa shape index (κ1) is 29.3. The van der Waals surface area contributed by atoms with E-state index in [1.165, 1.54) is 0 Å². The zero-order valence-electron chi connectivity index (χ0n) is 22.8. The van der Waals surface area contributed by atoms with Crippen LogP contribution in [0, 0.1) is 11.8 Å². The number of methoxy groups -OCH3 is 3. The van der Waals surface area contributed by atoms with E-state index in [-0.39, 0.29) is 24.2 Å². The van der Waals surface area contributed by atoms with E-state index >= 15 is 0 Å². The molecule has 3 rings (SSSR count). The summed E-state index contributed by atoms with van der Waals surface area (Å²) in [6.07, 6.45) is 2.24. The molecule has 9 nitrogen and oxygen atoms in total. The molecule has 10 heteroatoms. The van der Waals surface area contributed by atoms with Crippen molar-refractivity contribution >= 4 is 18.9 Å². The van der Waals surface area contributed by atoms with Crippen molar-refractivity contribution in [2.75, 3.05) is 21.3 Å². The van der Waals surface area contributed by atoms with Crippen molar-refractivity contribution in [3.63, 3.8) is 0 Å². The Kier molecular flexibility index (Phi) is 10.4. The van der Waals surface area contributed by atoms with Gasteiger partial charge in [0, 0.05) is 29.5 Å². The summed E-state index contributed by atoms with van der Waals surface area (Å²) in [4.78, 5) is 26.8. The maximum Gasteiger partial charge on any atom is 0.475 e. The Balaban J connectivity index is 1.82. The molecule has 2 aromatic carbocycles. The van der Waals surface area contributed by atoms with Crippen LogP contribution in [0.2, 0.25) is 0 Å². The molecule has 3 unspecified atom stereocenters. The molecule has 206 valence electrons. The molecular weight excluding hydrogens is 487 g/mol. The molecule has 0 radical (unpaired) electrons. The molecule has 1 aliphatic carbocycles. The van der Waals surface area contributed by atoms with E-state index in [9.17, 15) is 19.6 Å². The fourth-order valence-electron chi connectivity index (χ4n) is 5.04. The van der Waals surface area contributed by atoms with Crippen LogP contribution in [0.4, 0.5) is 0 Å². The smallest absolute Gasteiger partial charge is 0.475 e. The lowest BCUT2D eigenvalue weighted by Crippen LogP contribution is -2.55. The summed E-state index contributed by atoms with van der Waals surface area (Å²) in [6.45, 7) is 3.87. The number of nitrogens with one attached hydrogen (secondary N) is 2. The second kappa shape index (κ2) is 13.5. The number of benzene rings is 2. The van der Waals surface area contributed by atoms with Crippen LogP contribution in [0.3, 0.4) is 0 Å². The van der Waals surface area contributed by atoms with E-state index in [0.717, 1.165) is 16.7 Å². The standard InChI is InChI=1S/C28H39BN2O7/c1-17(2)13-25(29(34)35)31-28(33)22(14-18-9-7-6-8-10-18)30-27(32)19-11-12-20-21(15-19)23(36-3)16-24(37-4)26(20)38-5/h6-10,16-17,19,22,25,34-35H,11-15H2,1-5H3,(H,30,32)(H,31,33). The Hall–Kier alpha value is -3.24. The predicted octanol–water partition coefficient (Wildman–Crippen LogP) is 2.09. The third kappa shape index (κ3) is 7.20. The Labute approximate surface area is 225 Å². The van der Waals surface area contributed by atoms with Crippen molar-refractivity contribution in [1.29, 1.82) is 0 Å². The minimum Gasteiger partial charge on any atom is -0.496 e. The summed E-state index contributed by atoms with van der Waals surface area (Å²) in [6, 6.07) is 10.3. The molecule has 0 fully saturated rings. The van der Waals surface area contributed by atoms with Gasteiger partial charge < -0.3 is 34.9 Å². The zero-order chi connectivity index (χ0) is 27.8. The van der Waals surface area contributed by atoms with Gasteiger partial charge in [0.2, 0.25) is 11.8 Å². The molecule has 1 aliphatic rings. The number of ether oxygens (including phenoxy) is 3. The van der Waals surface area contributed by atoms with Crippen molar-refractivity contribution < 1.29 is 33.8 Å². The topological polar surface area (TPSA) is 126 Å². The van der Waals surface area contributed by atoms with Gasteiger partial charge in [0.05, 0.1) is 27.3 Å². The zero-order valence-corrected chi connectivity index (χ0v) is 22.8. The highest BCUT2D eigenvalue weighted by atomic mass is 16.5. The molecule has 0 heterocycles. The normalized spacial score (nSPS) is 16.2. The molecule has 0 bridgehead atoms. The highest BCUT2D eigenvalue weighted by Crippen LogP contribution is 2.44. The van der Waals surface area contributed by atoms with Gasteiger partial charge in [-0.2, -0.15) is 0 Å². The molecule has 2 amide bonds. The van der Waals surface area contributed by atoms with Crippen LogP contribution in [-0.4, -0.2) is 62.3 Å². The van der Waals surface area contributed by atoms with Crippen molar-refractivity contribution in [2.24, 2.45) is 11.8 Å². The second-order valence-electron chi connectivity index (χ2n) is 10.1. The Morgan fingerprint density at radius 3 is 2.26 bits per heavy atom. The van der Waals surface area contributed by atoms with E-state index in [4.69, 9.17) is 14.2 Å². The monoisotopic (exact) mass is 526 g/mol. The van der Waals surface area contributed by atoms with Crippen molar-refractivity contribution in [1.82, 2.24) is 10.6 Å². The molecule has 0 spiro atoms. The van der Waals surface area contributed by atoms with Gasteiger partial charge in [-0.05, 0) is 37.2 Å². The maximum atomic E-state index is 13.5. The lowest BCUT2D eigenvalue weighted by molar-refractivity contribution is -0.131. The second-order valence-corrected chi connectivity index (χ2v) is 10.1. The third-order valence-corrected chi connectivity index (χ3v) is 6.96. The first-order valence-corrected chi connectivity index (χ1v) is 13.0. The van der Waals surface area contributed by atoms with Crippen LogP contribution in [0.25, 0.3) is 0 Å². The van der Waals surface area contributed by atoms with Crippen LogP contribution in [0.5, 0.6) is 17.2 Å². The summed E-state index contributed by atoms with van der Waals surface area (Å²) in [5.74, 6) is 0.0605. The highest BCUT2D eigenvalue weighted by Gasteiger charge is 2.34. The number of carbonyl (C=O) groups is 2.